The van der Waals surface area contributed by atoms with Crippen molar-refractivity contribution in [2.45, 2.75) is 32.7 Å². The van der Waals surface area contributed by atoms with Crippen molar-refractivity contribution in [2.24, 2.45) is 5.73 Å². The van der Waals surface area contributed by atoms with Crippen molar-refractivity contribution in [3.8, 4) is 11.1 Å². The Balaban J connectivity index is 2.14. The summed E-state index contributed by atoms with van der Waals surface area (Å²) in [4.78, 5) is 8.75. The molecule has 1 atom stereocenters. The van der Waals surface area contributed by atoms with Crippen molar-refractivity contribution < 1.29 is 0 Å². The Morgan fingerprint density at radius 2 is 1.67 bits per heavy atom. The van der Waals surface area contributed by atoms with Gasteiger partial charge in [-0.1, -0.05) is 36.8 Å². The Bertz CT molecular complexity index is 488. The van der Waals surface area contributed by atoms with Crippen LogP contribution in [0, 0.1) is 6.92 Å². The lowest BCUT2D eigenvalue weighted by atomic mass is 10.1. The molecule has 2 N–H and O–H groups in total. The molecule has 3 nitrogen and oxygen atoms in total. The summed E-state index contributed by atoms with van der Waals surface area (Å²) in [7, 11) is 0. The maximum absolute atomic E-state index is 5.89. The number of benzene rings is 1. The van der Waals surface area contributed by atoms with Crippen LogP contribution in [0.4, 0.5) is 0 Å². The molecule has 18 heavy (non-hydrogen) atoms. The average Bonchev–Trinajstić information content (AvgIpc) is 2.40. The molecular weight excluding hydrogens is 222 g/mol. The second kappa shape index (κ2) is 5.74. The molecule has 2 aromatic rings. The number of aromatic nitrogens is 2. The second-order valence-electron chi connectivity index (χ2n) is 4.63. The number of hydrogen-bond acceptors (Lipinski definition) is 3. The van der Waals surface area contributed by atoms with E-state index in [2.05, 4.69) is 48.1 Å². The van der Waals surface area contributed by atoms with E-state index in [1.807, 2.05) is 12.4 Å². The highest BCUT2D eigenvalue weighted by Crippen LogP contribution is 2.17. The summed E-state index contributed by atoms with van der Waals surface area (Å²) in [5, 5.41) is 0. The van der Waals surface area contributed by atoms with Gasteiger partial charge in [0.2, 0.25) is 0 Å². The van der Waals surface area contributed by atoms with Gasteiger partial charge in [0.05, 0.1) is 0 Å². The van der Waals surface area contributed by atoms with Crippen molar-refractivity contribution in [3.05, 3.63) is 48.0 Å². The van der Waals surface area contributed by atoms with Crippen molar-refractivity contribution >= 4 is 0 Å². The minimum Gasteiger partial charge on any atom is -0.327 e. The molecule has 1 heterocycles. The van der Waals surface area contributed by atoms with Crippen LogP contribution in [-0.4, -0.2) is 16.0 Å². The van der Waals surface area contributed by atoms with Crippen LogP contribution >= 0.6 is 0 Å². The predicted octanol–water partition coefficient (Wildman–Crippen LogP) is 2.73. The fourth-order valence-electron chi connectivity index (χ4n) is 1.73. The smallest absolute Gasteiger partial charge is 0.129 e. The Hall–Kier alpha value is -1.74. The topological polar surface area (TPSA) is 51.8 Å². The summed E-state index contributed by atoms with van der Waals surface area (Å²) in [6.45, 7) is 4.15. The fourth-order valence-corrected chi connectivity index (χ4v) is 1.73. The van der Waals surface area contributed by atoms with E-state index in [1.165, 1.54) is 5.56 Å². The zero-order valence-electron chi connectivity index (χ0n) is 10.9. The van der Waals surface area contributed by atoms with E-state index in [-0.39, 0.29) is 6.04 Å². The third-order valence-electron chi connectivity index (χ3n) is 3.06. The number of rotatable bonds is 4. The molecule has 0 saturated carbocycles. The van der Waals surface area contributed by atoms with Gasteiger partial charge in [0.25, 0.3) is 0 Å². The van der Waals surface area contributed by atoms with Gasteiger partial charge in [0, 0.05) is 30.4 Å². The third kappa shape index (κ3) is 3.14. The first kappa shape index (κ1) is 12.7. The van der Waals surface area contributed by atoms with Gasteiger partial charge in [0.1, 0.15) is 5.82 Å². The lowest BCUT2D eigenvalue weighted by molar-refractivity contribution is 0.624. The molecule has 0 bridgehead atoms. The SMILES string of the molecule is CCC(N)Cc1ncc(-c2ccc(C)cc2)cn1. The maximum Gasteiger partial charge on any atom is 0.129 e. The molecule has 94 valence electrons. The Labute approximate surface area is 108 Å². The molecule has 3 heteroatoms. The van der Waals surface area contributed by atoms with Crippen LogP contribution in [0.1, 0.15) is 24.7 Å². The van der Waals surface area contributed by atoms with Crippen LogP contribution in [0.25, 0.3) is 11.1 Å². The maximum atomic E-state index is 5.89. The minimum atomic E-state index is 0.148. The quantitative estimate of drug-likeness (QED) is 0.895. The number of nitrogens with zero attached hydrogens (tertiary/aromatic N) is 2. The van der Waals surface area contributed by atoms with Crippen molar-refractivity contribution in [1.29, 1.82) is 0 Å². The van der Waals surface area contributed by atoms with Crippen molar-refractivity contribution in [2.75, 3.05) is 0 Å². The molecule has 0 radical (unpaired) electrons. The third-order valence-corrected chi connectivity index (χ3v) is 3.06. The van der Waals surface area contributed by atoms with E-state index < -0.39 is 0 Å². The van der Waals surface area contributed by atoms with E-state index in [9.17, 15) is 0 Å². The molecule has 0 aliphatic carbocycles. The molecule has 0 amide bonds. The standard InChI is InChI=1S/C15H19N3/c1-3-14(16)8-15-17-9-13(10-18-15)12-6-4-11(2)5-7-12/h4-7,9-10,14H,3,8,16H2,1-2H3. The van der Waals surface area contributed by atoms with Crippen LogP contribution < -0.4 is 5.73 Å². The highest BCUT2D eigenvalue weighted by Gasteiger charge is 2.04. The first-order chi connectivity index (χ1) is 8.69. The molecular formula is C15H19N3. The monoisotopic (exact) mass is 241 g/mol. The largest absolute Gasteiger partial charge is 0.327 e. The molecule has 0 aliphatic rings. The van der Waals surface area contributed by atoms with Crippen LogP contribution in [0.5, 0.6) is 0 Å². The molecule has 0 aliphatic heterocycles. The van der Waals surface area contributed by atoms with Gasteiger partial charge >= 0.3 is 0 Å². The van der Waals surface area contributed by atoms with E-state index in [0.29, 0.717) is 0 Å². The van der Waals surface area contributed by atoms with E-state index in [1.54, 1.807) is 0 Å². The summed E-state index contributed by atoms with van der Waals surface area (Å²) >= 11 is 0. The first-order valence-electron chi connectivity index (χ1n) is 6.32. The highest BCUT2D eigenvalue weighted by molar-refractivity contribution is 5.61. The van der Waals surface area contributed by atoms with Gasteiger partial charge in [-0.25, -0.2) is 9.97 Å². The molecule has 2 rings (SSSR count). The van der Waals surface area contributed by atoms with Gasteiger partial charge in [-0.2, -0.15) is 0 Å². The Kier molecular flexibility index (Phi) is 4.05. The van der Waals surface area contributed by atoms with Crippen LogP contribution in [-0.2, 0) is 6.42 Å². The molecule has 0 spiro atoms. The summed E-state index contributed by atoms with van der Waals surface area (Å²) in [5.41, 5.74) is 9.34. The highest BCUT2D eigenvalue weighted by atomic mass is 14.9. The molecule has 0 saturated heterocycles. The molecule has 0 fully saturated rings. The lowest BCUT2D eigenvalue weighted by Crippen LogP contribution is -2.22. The second-order valence-corrected chi connectivity index (χ2v) is 4.63. The number of nitrogens with two attached hydrogens (primary N) is 1. The van der Waals surface area contributed by atoms with Crippen LogP contribution in [0.2, 0.25) is 0 Å². The summed E-state index contributed by atoms with van der Waals surface area (Å²) in [6.07, 6.45) is 5.43. The fraction of sp³-hybridized carbons (Fsp3) is 0.333. The van der Waals surface area contributed by atoms with Crippen LogP contribution in [0.15, 0.2) is 36.7 Å². The summed E-state index contributed by atoms with van der Waals surface area (Å²) in [5.74, 6) is 0.820. The lowest BCUT2D eigenvalue weighted by Gasteiger charge is -2.07. The number of hydrogen-bond donors (Lipinski definition) is 1. The molecule has 1 aromatic heterocycles. The van der Waals surface area contributed by atoms with Crippen LogP contribution in [0.3, 0.4) is 0 Å². The van der Waals surface area contributed by atoms with E-state index >= 15 is 0 Å². The molecule has 1 aromatic carbocycles. The van der Waals surface area contributed by atoms with Gasteiger partial charge in [-0.05, 0) is 18.9 Å². The van der Waals surface area contributed by atoms with Crippen molar-refractivity contribution in [1.82, 2.24) is 9.97 Å². The summed E-state index contributed by atoms with van der Waals surface area (Å²) < 4.78 is 0. The minimum absolute atomic E-state index is 0.148. The van der Waals surface area contributed by atoms with E-state index in [4.69, 9.17) is 5.73 Å². The first-order valence-corrected chi connectivity index (χ1v) is 6.32. The van der Waals surface area contributed by atoms with Gasteiger partial charge in [-0.3, -0.25) is 0 Å². The predicted molar refractivity (Wildman–Crippen MR) is 74.2 cm³/mol. The zero-order chi connectivity index (χ0) is 13.0. The normalized spacial score (nSPS) is 12.4. The van der Waals surface area contributed by atoms with Gasteiger partial charge in [0.15, 0.2) is 0 Å². The average molecular weight is 241 g/mol. The Morgan fingerprint density at radius 1 is 1.06 bits per heavy atom. The summed E-state index contributed by atoms with van der Waals surface area (Å²) in [6, 6.07) is 8.51. The number of aryl methyl sites for hydroxylation is 1. The Morgan fingerprint density at radius 3 is 2.22 bits per heavy atom. The van der Waals surface area contributed by atoms with Crippen molar-refractivity contribution in [3.63, 3.8) is 0 Å². The van der Waals surface area contributed by atoms with E-state index in [0.717, 1.165) is 29.8 Å². The molecule has 1 unspecified atom stereocenters. The van der Waals surface area contributed by atoms with Gasteiger partial charge in [-0.15, -0.1) is 0 Å². The zero-order valence-corrected chi connectivity index (χ0v) is 10.9. The van der Waals surface area contributed by atoms with Gasteiger partial charge < -0.3 is 5.73 Å².